The van der Waals surface area contributed by atoms with Crippen LogP contribution < -0.4 is 5.73 Å². The van der Waals surface area contributed by atoms with Crippen molar-refractivity contribution in [1.29, 1.82) is 0 Å². The number of nitrogens with two attached hydrogens (primary N) is 1. The molecule has 0 aliphatic rings. The van der Waals surface area contributed by atoms with Gasteiger partial charge in [-0.2, -0.15) is 0 Å². The van der Waals surface area contributed by atoms with E-state index in [1.54, 1.807) is 0 Å². The van der Waals surface area contributed by atoms with Gasteiger partial charge in [0.05, 0.1) is 5.02 Å². The molecule has 1 aromatic heterocycles. The first-order valence-electron chi connectivity index (χ1n) is 6.48. The summed E-state index contributed by atoms with van der Waals surface area (Å²) in [6.07, 6.45) is 2.92. The second-order valence-electron chi connectivity index (χ2n) is 5.10. The number of nitrogens with zero attached hydrogens (tertiary/aromatic N) is 1. The number of rotatable bonds is 5. The molecule has 3 nitrogen and oxygen atoms in total. The monoisotopic (exact) mass is 284 g/mol. The molecule has 2 aromatic rings. The molecule has 1 aromatic carbocycles. The fraction of sp³-hybridized carbons (Fsp3) is 0.500. The Kier molecular flexibility index (Phi) is 4.42. The number of fused-ring (bicyclic) bond motifs is 1. The van der Waals surface area contributed by atoms with E-state index in [1.165, 1.54) is 12.1 Å². The molecule has 0 saturated heterocycles. The van der Waals surface area contributed by atoms with E-state index in [2.05, 4.69) is 4.98 Å². The summed E-state index contributed by atoms with van der Waals surface area (Å²) in [5, 5.41) is 0.261. The third-order valence-corrected chi connectivity index (χ3v) is 3.42. The molecule has 1 heterocycles. The number of hydrogen-bond acceptors (Lipinski definition) is 3. The summed E-state index contributed by atoms with van der Waals surface area (Å²) in [6.45, 7) is 4.03. The quantitative estimate of drug-likeness (QED) is 0.893. The Morgan fingerprint density at radius 2 is 2.11 bits per heavy atom. The van der Waals surface area contributed by atoms with E-state index in [-0.39, 0.29) is 17.0 Å². The lowest BCUT2D eigenvalue weighted by atomic mass is 10.0. The van der Waals surface area contributed by atoms with E-state index in [9.17, 15) is 4.39 Å². The van der Waals surface area contributed by atoms with Gasteiger partial charge in [0.2, 0.25) is 0 Å². The van der Waals surface area contributed by atoms with Crippen LogP contribution in [-0.4, -0.2) is 11.0 Å². The summed E-state index contributed by atoms with van der Waals surface area (Å²) < 4.78 is 18.9. The average Bonchev–Trinajstić information content (AvgIpc) is 2.72. The Labute approximate surface area is 116 Å². The zero-order valence-corrected chi connectivity index (χ0v) is 11.9. The van der Waals surface area contributed by atoms with Gasteiger partial charge in [-0.25, -0.2) is 9.37 Å². The number of aromatic nitrogens is 1. The molecule has 0 bridgehead atoms. The SMILES string of the molecule is CC(N)CCCC(C)c1nc2cc(F)cc(Cl)c2o1. The average molecular weight is 285 g/mol. The van der Waals surface area contributed by atoms with Crippen LogP contribution in [0.5, 0.6) is 0 Å². The van der Waals surface area contributed by atoms with Gasteiger partial charge in [0.15, 0.2) is 11.5 Å². The van der Waals surface area contributed by atoms with Crippen LogP contribution in [0, 0.1) is 5.82 Å². The Bertz CT molecular complexity index is 568. The van der Waals surface area contributed by atoms with Gasteiger partial charge in [-0.3, -0.25) is 0 Å². The summed E-state index contributed by atoms with van der Waals surface area (Å²) in [5.41, 5.74) is 6.64. The molecule has 0 saturated carbocycles. The standard InChI is InChI=1S/C14H18ClFN2O/c1-8(4-3-5-9(2)17)14-18-12-7-10(16)6-11(15)13(12)19-14/h6-9H,3-5,17H2,1-2H3. The van der Waals surface area contributed by atoms with Gasteiger partial charge in [-0.1, -0.05) is 24.9 Å². The second-order valence-corrected chi connectivity index (χ2v) is 5.50. The molecule has 0 spiro atoms. The zero-order chi connectivity index (χ0) is 14.0. The van der Waals surface area contributed by atoms with Crippen molar-refractivity contribution in [2.45, 2.75) is 45.1 Å². The summed E-state index contributed by atoms with van der Waals surface area (Å²) >= 11 is 5.94. The van der Waals surface area contributed by atoms with Crippen LogP contribution in [0.3, 0.4) is 0 Å². The second kappa shape index (κ2) is 5.88. The minimum absolute atomic E-state index is 0.172. The van der Waals surface area contributed by atoms with Crippen molar-refractivity contribution in [3.05, 3.63) is 28.9 Å². The molecule has 104 valence electrons. The van der Waals surface area contributed by atoms with Crippen LogP contribution in [0.15, 0.2) is 16.5 Å². The van der Waals surface area contributed by atoms with Crippen LogP contribution in [0.2, 0.25) is 5.02 Å². The molecule has 2 N–H and O–H groups in total. The smallest absolute Gasteiger partial charge is 0.198 e. The van der Waals surface area contributed by atoms with E-state index < -0.39 is 5.82 Å². The molecule has 0 aliphatic heterocycles. The van der Waals surface area contributed by atoms with Crippen molar-refractivity contribution in [3.8, 4) is 0 Å². The van der Waals surface area contributed by atoms with Crippen molar-refractivity contribution in [1.82, 2.24) is 4.98 Å². The van der Waals surface area contributed by atoms with Gasteiger partial charge in [0, 0.05) is 18.0 Å². The van der Waals surface area contributed by atoms with Crippen LogP contribution in [0.1, 0.15) is 44.9 Å². The predicted octanol–water partition coefficient (Wildman–Crippen LogP) is 4.24. The van der Waals surface area contributed by atoms with Crippen molar-refractivity contribution in [2.75, 3.05) is 0 Å². The largest absolute Gasteiger partial charge is 0.439 e. The van der Waals surface area contributed by atoms with Crippen LogP contribution in [-0.2, 0) is 0 Å². The topological polar surface area (TPSA) is 52.0 Å². The van der Waals surface area contributed by atoms with E-state index in [0.717, 1.165) is 19.3 Å². The Morgan fingerprint density at radius 3 is 2.79 bits per heavy atom. The maximum atomic E-state index is 13.2. The Morgan fingerprint density at radius 1 is 1.37 bits per heavy atom. The maximum absolute atomic E-state index is 13.2. The van der Waals surface area contributed by atoms with Crippen LogP contribution in [0.4, 0.5) is 4.39 Å². The summed E-state index contributed by atoms with van der Waals surface area (Å²) in [6, 6.07) is 2.78. The van der Waals surface area contributed by atoms with E-state index >= 15 is 0 Å². The molecule has 5 heteroatoms. The zero-order valence-electron chi connectivity index (χ0n) is 11.1. The molecule has 19 heavy (non-hydrogen) atoms. The highest BCUT2D eigenvalue weighted by Gasteiger charge is 2.16. The number of halogens is 2. The third-order valence-electron chi connectivity index (χ3n) is 3.14. The van der Waals surface area contributed by atoms with Crippen molar-refractivity contribution < 1.29 is 8.81 Å². The van der Waals surface area contributed by atoms with Gasteiger partial charge in [0.25, 0.3) is 0 Å². The molecule has 2 atom stereocenters. The Hall–Kier alpha value is -1.13. The van der Waals surface area contributed by atoms with Gasteiger partial charge in [0.1, 0.15) is 11.3 Å². The molecular weight excluding hydrogens is 267 g/mol. The summed E-state index contributed by atoms with van der Waals surface area (Å²) in [4.78, 5) is 4.31. The van der Waals surface area contributed by atoms with Gasteiger partial charge < -0.3 is 10.2 Å². The van der Waals surface area contributed by atoms with E-state index in [1.807, 2.05) is 13.8 Å². The summed E-state index contributed by atoms with van der Waals surface area (Å²) in [7, 11) is 0. The highest BCUT2D eigenvalue weighted by molar-refractivity contribution is 6.34. The first-order chi connectivity index (χ1) is 8.97. The lowest BCUT2D eigenvalue weighted by molar-refractivity contribution is 0.452. The predicted molar refractivity (Wildman–Crippen MR) is 74.9 cm³/mol. The number of hydrogen-bond donors (Lipinski definition) is 1. The van der Waals surface area contributed by atoms with Crippen molar-refractivity contribution in [3.63, 3.8) is 0 Å². The molecule has 2 unspecified atom stereocenters. The first-order valence-corrected chi connectivity index (χ1v) is 6.86. The summed E-state index contributed by atoms with van der Waals surface area (Å²) in [5.74, 6) is 0.374. The number of oxazole rings is 1. The molecule has 2 rings (SSSR count). The normalized spacial score (nSPS) is 14.8. The highest BCUT2D eigenvalue weighted by Crippen LogP contribution is 2.30. The minimum atomic E-state index is -0.401. The van der Waals surface area contributed by atoms with Gasteiger partial charge in [-0.05, 0) is 25.8 Å². The minimum Gasteiger partial charge on any atom is -0.439 e. The van der Waals surface area contributed by atoms with Crippen molar-refractivity contribution >= 4 is 22.7 Å². The molecule has 0 aliphatic carbocycles. The molecule has 0 fully saturated rings. The van der Waals surface area contributed by atoms with Crippen LogP contribution in [0.25, 0.3) is 11.1 Å². The van der Waals surface area contributed by atoms with Gasteiger partial charge in [-0.15, -0.1) is 0 Å². The number of benzene rings is 1. The highest BCUT2D eigenvalue weighted by atomic mass is 35.5. The molecule has 0 amide bonds. The third kappa shape index (κ3) is 3.45. The lowest BCUT2D eigenvalue weighted by Crippen LogP contribution is -2.14. The van der Waals surface area contributed by atoms with Crippen molar-refractivity contribution in [2.24, 2.45) is 5.73 Å². The molecule has 0 radical (unpaired) electrons. The lowest BCUT2D eigenvalue weighted by Gasteiger charge is -2.08. The fourth-order valence-electron chi connectivity index (χ4n) is 2.06. The van der Waals surface area contributed by atoms with E-state index in [0.29, 0.717) is 17.0 Å². The maximum Gasteiger partial charge on any atom is 0.198 e. The van der Waals surface area contributed by atoms with Gasteiger partial charge >= 0.3 is 0 Å². The first kappa shape index (κ1) is 14.3. The van der Waals surface area contributed by atoms with E-state index in [4.69, 9.17) is 21.8 Å². The van der Waals surface area contributed by atoms with Crippen LogP contribution >= 0.6 is 11.6 Å². The Balaban J connectivity index is 2.14. The molecular formula is C14H18ClFN2O. The fourth-order valence-corrected chi connectivity index (χ4v) is 2.30.